The summed E-state index contributed by atoms with van der Waals surface area (Å²) >= 11 is 0. The molecule has 1 N–H and O–H groups in total. The van der Waals surface area contributed by atoms with Gasteiger partial charge in [-0.1, -0.05) is 18.2 Å². The predicted molar refractivity (Wildman–Crippen MR) is 78.0 cm³/mol. The number of nitrogens with one attached hydrogen (secondary N) is 1. The van der Waals surface area contributed by atoms with Crippen molar-refractivity contribution in [3.8, 4) is 5.75 Å². The second kappa shape index (κ2) is 6.68. The monoisotopic (exact) mass is 324 g/mol. The third-order valence-electron chi connectivity index (χ3n) is 3.17. The number of rotatable bonds is 4. The molecule has 0 fully saturated rings. The summed E-state index contributed by atoms with van der Waals surface area (Å²) in [7, 11) is 0. The topological polar surface area (TPSA) is 51.2 Å². The first-order valence-corrected chi connectivity index (χ1v) is 6.82. The van der Waals surface area contributed by atoms with Crippen LogP contribution in [0.5, 0.6) is 5.75 Å². The van der Waals surface area contributed by atoms with E-state index in [4.69, 9.17) is 0 Å². The number of carbonyl (C=O) groups is 1. The van der Waals surface area contributed by atoms with Crippen LogP contribution in [0.3, 0.4) is 0 Å². The zero-order chi connectivity index (χ0) is 17.0. The molecule has 2 aromatic rings. The minimum atomic E-state index is -4.74. The maximum atomic E-state index is 12.2. The second-order valence-electron chi connectivity index (χ2n) is 4.98. The summed E-state index contributed by atoms with van der Waals surface area (Å²) in [5.74, 6) is -0.719. The van der Waals surface area contributed by atoms with E-state index in [1.807, 2.05) is 6.92 Å². The molecule has 23 heavy (non-hydrogen) atoms. The van der Waals surface area contributed by atoms with Crippen molar-refractivity contribution in [1.29, 1.82) is 0 Å². The normalized spacial score (nSPS) is 11.2. The van der Waals surface area contributed by atoms with Gasteiger partial charge >= 0.3 is 6.36 Å². The van der Waals surface area contributed by atoms with Gasteiger partial charge < -0.3 is 10.1 Å². The second-order valence-corrected chi connectivity index (χ2v) is 4.98. The van der Waals surface area contributed by atoms with Crippen LogP contribution in [0, 0.1) is 13.8 Å². The number of pyridine rings is 1. The Morgan fingerprint density at radius 2 is 1.96 bits per heavy atom. The third-order valence-corrected chi connectivity index (χ3v) is 3.17. The van der Waals surface area contributed by atoms with Gasteiger partial charge in [0.05, 0.1) is 0 Å². The average molecular weight is 324 g/mol. The maximum absolute atomic E-state index is 12.2. The van der Waals surface area contributed by atoms with E-state index in [1.165, 1.54) is 18.2 Å². The standard InChI is InChI=1S/C16H15F3N2O2/c1-10-6-7-14(21-11(10)2)15(22)20-9-12-4-3-5-13(8-12)23-16(17,18)19/h3-8H,9H2,1-2H3,(H,20,22). The summed E-state index contributed by atoms with van der Waals surface area (Å²) in [6.07, 6.45) is -4.74. The number of hydrogen-bond acceptors (Lipinski definition) is 3. The van der Waals surface area contributed by atoms with E-state index in [1.54, 1.807) is 25.1 Å². The van der Waals surface area contributed by atoms with Gasteiger partial charge in [-0.25, -0.2) is 4.98 Å². The first-order chi connectivity index (χ1) is 10.7. The molecule has 1 aromatic carbocycles. The highest BCUT2D eigenvalue weighted by molar-refractivity contribution is 5.92. The smallest absolute Gasteiger partial charge is 0.406 e. The molecule has 0 unspecified atom stereocenters. The van der Waals surface area contributed by atoms with Crippen LogP contribution in [-0.2, 0) is 6.54 Å². The summed E-state index contributed by atoms with van der Waals surface area (Å²) < 4.78 is 40.4. The van der Waals surface area contributed by atoms with Crippen molar-refractivity contribution in [2.24, 2.45) is 0 Å². The van der Waals surface area contributed by atoms with Gasteiger partial charge in [-0.15, -0.1) is 13.2 Å². The van der Waals surface area contributed by atoms with Crippen molar-refractivity contribution < 1.29 is 22.7 Å². The zero-order valence-corrected chi connectivity index (χ0v) is 12.6. The molecule has 0 aliphatic rings. The number of aromatic nitrogens is 1. The Morgan fingerprint density at radius 3 is 2.61 bits per heavy atom. The Bertz CT molecular complexity index is 715. The van der Waals surface area contributed by atoms with Crippen LogP contribution < -0.4 is 10.1 Å². The van der Waals surface area contributed by atoms with E-state index < -0.39 is 12.3 Å². The lowest BCUT2D eigenvalue weighted by atomic mass is 10.2. The van der Waals surface area contributed by atoms with Gasteiger partial charge in [-0.05, 0) is 43.2 Å². The van der Waals surface area contributed by atoms with Crippen molar-refractivity contribution >= 4 is 5.91 Å². The first-order valence-electron chi connectivity index (χ1n) is 6.82. The molecule has 0 aliphatic heterocycles. The molecule has 1 heterocycles. The van der Waals surface area contributed by atoms with Crippen LogP contribution in [0.25, 0.3) is 0 Å². The molecule has 0 spiro atoms. The number of amides is 1. The van der Waals surface area contributed by atoms with Gasteiger partial charge in [0.15, 0.2) is 0 Å². The van der Waals surface area contributed by atoms with E-state index in [0.717, 1.165) is 11.3 Å². The lowest BCUT2D eigenvalue weighted by Gasteiger charge is -2.10. The predicted octanol–water partition coefficient (Wildman–Crippen LogP) is 3.53. The molecular weight excluding hydrogens is 309 g/mol. The minimum absolute atomic E-state index is 0.0719. The fourth-order valence-electron chi connectivity index (χ4n) is 1.88. The molecule has 0 radical (unpaired) electrons. The highest BCUT2D eigenvalue weighted by Crippen LogP contribution is 2.23. The van der Waals surface area contributed by atoms with Crippen LogP contribution >= 0.6 is 0 Å². The molecule has 2 rings (SSSR count). The summed E-state index contributed by atoms with van der Waals surface area (Å²) in [6.45, 7) is 3.75. The van der Waals surface area contributed by atoms with Crippen LogP contribution in [0.2, 0.25) is 0 Å². The molecule has 0 saturated heterocycles. The van der Waals surface area contributed by atoms with Gasteiger partial charge in [-0.2, -0.15) is 0 Å². The highest BCUT2D eigenvalue weighted by atomic mass is 19.4. The summed E-state index contributed by atoms with van der Waals surface area (Å²) in [6, 6.07) is 8.83. The summed E-state index contributed by atoms with van der Waals surface area (Å²) in [5, 5.41) is 2.61. The largest absolute Gasteiger partial charge is 0.573 e. The summed E-state index contributed by atoms with van der Waals surface area (Å²) in [5.41, 5.74) is 2.47. The summed E-state index contributed by atoms with van der Waals surface area (Å²) in [4.78, 5) is 16.2. The first kappa shape index (κ1) is 16.8. The van der Waals surface area contributed by atoms with E-state index in [9.17, 15) is 18.0 Å². The third kappa shape index (κ3) is 4.98. The quantitative estimate of drug-likeness (QED) is 0.936. The Morgan fingerprint density at radius 1 is 1.22 bits per heavy atom. The number of nitrogens with zero attached hydrogens (tertiary/aromatic N) is 1. The van der Waals surface area contributed by atoms with E-state index in [2.05, 4.69) is 15.0 Å². The maximum Gasteiger partial charge on any atom is 0.573 e. The van der Waals surface area contributed by atoms with E-state index in [0.29, 0.717) is 5.56 Å². The SMILES string of the molecule is Cc1ccc(C(=O)NCc2cccc(OC(F)(F)F)c2)nc1C. The molecule has 1 aromatic heterocycles. The molecule has 0 bridgehead atoms. The highest BCUT2D eigenvalue weighted by Gasteiger charge is 2.31. The number of aryl methyl sites for hydroxylation is 2. The number of carbonyl (C=O) groups excluding carboxylic acids is 1. The molecular formula is C16H15F3N2O2. The molecule has 0 aliphatic carbocycles. The average Bonchev–Trinajstić information content (AvgIpc) is 2.46. The van der Waals surface area contributed by atoms with Gasteiger partial charge in [0.25, 0.3) is 5.91 Å². The van der Waals surface area contributed by atoms with Crippen molar-refractivity contribution in [2.45, 2.75) is 26.8 Å². The Kier molecular flexibility index (Phi) is 4.88. The molecule has 7 heteroatoms. The van der Waals surface area contributed by atoms with Gasteiger partial charge in [0.2, 0.25) is 0 Å². The van der Waals surface area contributed by atoms with Crippen LogP contribution in [0.4, 0.5) is 13.2 Å². The molecule has 4 nitrogen and oxygen atoms in total. The van der Waals surface area contributed by atoms with Crippen molar-refractivity contribution in [3.05, 3.63) is 58.9 Å². The van der Waals surface area contributed by atoms with Gasteiger partial charge in [0, 0.05) is 12.2 Å². The molecule has 1 amide bonds. The Labute approximate surface area is 131 Å². The lowest BCUT2D eigenvalue weighted by Crippen LogP contribution is -2.24. The fraction of sp³-hybridized carbons (Fsp3) is 0.250. The number of ether oxygens (including phenoxy) is 1. The van der Waals surface area contributed by atoms with Crippen LogP contribution in [-0.4, -0.2) is 17.3 Å². The number of halogens is 3. The Balaban J connectivity index is 2.01. The lowest BCUT2D eigenvalue weighted by molar-refractivity contribution is -0.274. The Hall–Kier alpha value is -2.57. The van der Waals surface area contributed by atoms with Gasteiger partial charge in [-0.3, -0.25) is 4.79 Å². The molecule has 0 saturated carbocycles. The number of alkyl halides is 3. The van der Waals surface area contributed by atoms with E-state index >= 15 is 0 Å². The number of benzene rings is 1. The molecule has 0 atom stereocenters. The number of hydrogen-bond donors (Lipinski definition) is 1. The van der Waals surface area contributed by atoms with Gasteiger partial charge in [0.1, 0.15) is 11.4 Å². The molecule has 122 valence electrons. The van der Waals surface area contributed by atoms with Crippen molar-refractivity contribution in [1.82, 2.24) is 10.3 Å². The zero-order valence-electron chi connectivity index (χ0n) is 12.6. The van der Waals surface area contributed by atoms with Crippen LogP contribution in [0.15, 0.2) is 36.4 Å². The minimum Gasteiger partial charge on any atom is -0.406 e. The van der Waals surface area contributed by atoms with Crippen molar-refractivity contribution in [3.63, 3.8) is 0 Å². The van der Waals surface area contributed by atoms with Crippen molar-refractivity contribution in [2.75, 3.05) is 0 Å². The van der Waals surface area contributed by atoms with E-state index in [-0.39, 0.29) is 18.0 Å². The van der Waals surface area contributed by atoms with Crippen LogP contribution in [0.1, 0.15) is 27.3 Å². The fourth-order valence-corrected chi connectivity index (χ4v) is 1.88.